The van der Waals surface area contributed by atoms with Crippen molar-refractivity contribution in [1.82, 2.24) is 0 Å². The smallest absolute Gasteiger partial charge is 0.303 e. The molecule has 0 saturated heterocycles. The van der Waals surface area contributed by atoms with E-state index in [1.807, 2.05) is 13.8 Å². The molecule has 0 heterocycles. The van der Waals surface area contributed by atoms with Gasteiger partial charge in [0.05, 0.1) is 12.2 Å². The maximum atomic E-state index is 12.9. The van der Waals surface area contributed by atoms with Crippen LogP contribution in [0, 0.1) is 28.6 Å². The first kappa shape index (κ1) is 21.7. The zero-order valence-corrected chi connectivity index (χ0v) is 17.9. The van der Waals surface area contributed by atoms with Gasteiger partial charge >= 0.3 is 5.97 Å². The van der Waals surface area contributed by atoms with Crippen LogP contribution in [-0.4, -0.2) is 57.3 Å². The number of ketones is 2. The van der Waals surface area contributed by atoms with E-state index in [-0.39, 0.29) is 36.4 Å². The number of Topliss-reactive ketones (excluding diaryl/α,β-unsaturated/α-hetero) is 1. The van der Waals surface area contributed by atoms with Gasteiger partial charge in [0.25, 0.3) is 0 Å². The summed E-state index contributed by atoms with van der Waals surface area (Å²) in [6.45, 7) is 4.62. The number of aliphatic hydroxyl groups excluding tert-OH is 2. The second-order valence-electron chi connectivity index (χ2n) is 10.3. The second kappa shape index (κ2) is 6.97. The molecule has 7 heteroatoms. The van der Waals surface area contributed by atoms with Crippen LogP contribution in [-0.2, 0) is 19.1 Å². The van der Waals surface area contributed by atoms with Gasteiger partial charge < -0.3 is 20.1 Å². The number of ether oxygens (including phenoxy) is 1. The van der Waals surface area contributed by atoms with Crippen LogP contribution in [0.15, 0.2) is 11.6 Å². The number of fused-ring (bicyclic) bond motifs is 5. The SMILES string of the molecule is CC(=O)OCC(=O)[C@@]1(O)CC[C@@H]2[C@H]3C[C@H](O)C4=CC(=O)CC[C@]4(C)[C@@H]3[C@@H](O)C[C@@]21C. The minimum Gasteiger partial charge on any atom is -0.458 e. The molecular formula is C23H32O7. The van der Waals surface area contributed by atoms with Crippen LogP contribution in [0.25, 0.3) is 0 Å². The largest absolute Gasteiger partial charge is 0.458 e. The minimum absolute atomic E-state index is 0.0152. The lowest BCUT2D eigenvalue weighted by Crippen LogP contribution is -2.63. The molecule has 4 aliphatic carbocycles. The maximum absolute atomic E-state index is 12.9. The molecule has 3 N–H and O–H groups in total. The molecule has 4 rings (SSSR count). The van der Waals surface area contributed by atoms with Gasteiger partial charge in [0.2, 0.25) is 5.78 Å². The molecule has 7 nitrogen and oxygen atoms in total. The molecule has 0 unspecified atom stereocenters. The summed E-state index contributed by atoms with van der Waals surface area (Å²) in [6.07, 6.45) is 2.54. The van der Waals surface area contributed by atoms with E-state index in [2.05, 4.69) is 0 Å². The first-order chi connectivity index (χ1) is 13.9. The van der Waals surface area contributed by atoms with Gasteiger partial charge in [-0.2, -0.15) is 0 Å². The lowest BCUT2D eigenvalue weighted by molar-refractivity contribution is -0.188. The Kier molecular flexibility index (Phi) is 5.03. The Hall–Kier alpha value is -1.57. The van der Waals surface area contributed by atoms with Gasteiger partial charge in [-0.25, -0.2) is 0 Å². The molecule has 0 aromatic carbocycles. The van der Waals surface area contributed by atoms with Crippen molar-refractivity contribution in [1.29, 1.82) is 0 Å². The Labute approximate surface area is 176 Å². The van der Waals surface area contributed by atoms with Gasteiger partial charge in [0.15, 0.2) is 12.4 Å². The van der Waals surface area contributed by atoms with Crippen molar-refractivity contribution in [2.24, 2.45) is 28.6 Å². The second-order valence-corrected chi connectivity index (χ2v) is 10.3. The highest BCUT2D eigenvalue weighted by molar-refractivity contribution is 5.92. The molecule has 4 aliphatic rings. The number of hydrogen-bond donors (Lipinski definition) is 3. The van der Waals surface area contributed by atoms with E-state index in [4.69, 9.17) is 4.74 Å². The predicted molar refractivity (Wildman–Crippen MR) is 106 cm³/mol. The molecule has 0 amide bonds. The number of hydrogen-bond acceptors (Lipinski definition) is 7. The lowest BCUT2D eigenvalue weighted by Gasteiger charge is -2.61. The quantitative estimate of drug-likeness (QED) is 0.589. The van der Waals surface area contributed by atoms with Gasteiger partial charge in [-0.15, -0.1) is 0 Å². The van der Waals surface area contributed by atoms with Crippen molar-refractivity contribution in [3.05, 3.63) is 11.6 Å². The van der Waals surface area contributed by atoms with E-state index in [9.17, 15) is 29.7 Å². The third kappa shape index (κ3) is 2.85. The number of rotatable bonds is 3. The fourth-order valence-corrected chi connectivity index (χ4v) is 7.49. The summed E-state index contributed by atoms with van der Waals surface area (Å²) in [5.41, 5.74) is -2.29. The summed E-state index contributed by atoms with van der Waals surface area (Å²) in [5, 5.41) is 33.7. The number of aliphatic hydroxyl groups is 3. The summed E-state index contributed by atoms with van der Waals surface area (Å²) < 4.78 is 4.86. The summed E-state index contributed by atoms with van der Waals surface area (Å²) in [4.78, 5) is 36.0. The number of esters is 1. The van der Waals surface area contributed by atoms with Crippen LogP contribution < -0.4 is 0 Å². The zero-order valence-electron chi connectivity index (χ0n) is 17.9. The van der Waals surface area contributed by atoms with Gasteiger partial charge in [0.1, 0.15) is 5.60 Å². The van der Waals surface area contributed by atoms with Crippen molar-refractivity contribution < 1.29 is 34.4 Å². The van der Waals surface area contributed by atoms with Crippen LogP contribution in [0.5, 0.6) is 0 Å². The first-order valence-electron chi connectivity index (χ1n) is 10.9. The van der Waals surface area contributed by atoms with Gasteiger partial charge in [0, 0.05) is 18.8 Å². The van der Waals surface area contributed by atoms with Gasteiger partial charge in [-0.05, 0) is 66.9 Å². The van der Waals surface area contributed by atoms with Crippen molar-refractivity contribution >= 4 is 17.5 Å². The number of carbonyl (C=O) groups excluding carboxylic acids is 3. The van der Waals surface area contributed by atoms with Crippen LogP contribution in [0.4, 0.5) is 0 Å². The molecule has 30 heavy (non-hydrogen) atoms. The summed E-state index contributed by atoms with van der Waals surface area (Å²) in [7, 11) is 0. The van der Waals surface area contributed by atoms with E-state index in [1.165, 1.54) is 6.92 Å². The highest BCUT2D eigenvalue weighted by atomic mass is 16.5. The fourth-order valence-electron chi connectivity index (χ4n) is 7.49. The monoisotopic (exact) mass is 420 g/mol. The fraction of sp³-hybridized carbons (Fsp3) is 0.783. The lowest BCUT2D eigenvalue weighted by atomic mass is 9.45. The Morgan fingerprint density at radius 1 is 1.23 bits per heavy atom. The van der Waals surface area contributed by atoms with Crippen LogP contribution in [0.3, 0.4) is 0 Å². The van der Waals surface area contributed by atoms with Crippen LogP contribution in [0.2, 0.25) is 0 Å². The topological polar surface area (TPSA) is 121 Å². The average molecular weight is 421 g/mol. The molecule has 0 bridgehead atoms. The molecule has 0 aromatic heterocycles. The third-order valence-electron chi connectivity index (χ3n) is 8.93. The van der Waals surface area contributed by atoms with E-state index < -0.39 is 47.0 Å². The van der Waals surface area contributed by atoms with Crippen molar-refractivity contribution in [2.75, 3.05) is 6.61 Å². The van der Waals surface area contributed by atoms with E-state index >= 15 is 0 Å². The predicted octanol–water partition coefficient (Wildman–Crippen LogP) is 1.32. The molecule has 0 aliphatic heterocycles. The molecule has 0 aromatic rings. The Morgan fingerprint density at radius 3 is 2.60 bits per heavy atom. The van der Waals surface area contributed by atoms with E-state index in [1.54, 1.807) is 6.08 Å². The first-order valence-corrected chi connectivity index (χ1v) is 10.9. The van der Waals surface area contributed by atoms with E-state index in [0.717, 1.165) is 5.57 Å². The summed E-state index contributed by atoms with van der Waals surface area (Å²) >= 11 is 0. The Bertz CT molecular complexity index is 818. The van der Waals surface area contributed by atoms with Gasteiger partial charge in [-0.1, -0.05) is 13.8 Å². The molecule has 3 saturated carbocycles. The average Bonchev–Trinajstić information content (AvgIpc) is 2.93. The zero-order chi connectivity index (χ0) is 22.1. The third-order valence-corrected chi connectivity index (χ3v) is 8.93. The van der Waals surface area contributed by atoms with Crippen molar-refractivity contribution in [2.45, 2.75) is 77.1 Å². The van der Waals surface area contributed by atoms with Crippen molar-refractivity contribution in [3.63, 3.8) is 0 Å². The maximum Gasteiger partial charge on any atom is 0.303 e. The summed E-state index contributed by atoms with van der Waals surface area (Å²) in [5.74, 6) is -1.35. The molecule has 3 fully saturated rings. The van der Waals surface area contributed by atoms with Crippen molar-refractivity contribution in [3.8, 4) is 0 Å². The number of carbonyl (C=O) groups is 3. The Balaban J connectivity index is 1.69. The molecular weight excluding hydrogens is 388 g/mol. The van der Waals surface area contributed by atoms with E-state index in [0.29, 0.717) is 25.7 Å². The standard InChI is InChI=1S/C23H32O7/c1-12(24)30-11-19(28)23(29)7-5-15-14-9-17(26)16-8-13(25)4-6-21(16,2)20(14)18(27)10-22(15,23)3/h8,14-15,17-18,20,26-27,29H,4-7,9-11H2,1-3H3/t14-,15-,17+,18+,20+,21+,22+,23+/m1/s1. The van der Waals surface area contributed by atoms with Gasteiger partial charge in [-0.3, -0.25) is 14.4 Å². The molecule has 0 spiro atoms. The Morgan fingerprint density at radius 2 is 1.93 bits per heavy atom. The minimum atomic E-state index is -1.68. The van der Waals surface area contributed by atoms with Crippen LogP contribution in [0.1, 0.15) is 59.3 Å². The molecule has 8 atom stereocenters. The van der Waals surface area contributed by atoms with Crippen LogP contribution >= 0.6 is 0 Å². The molecule has 166 valence electrons. The normalized spacial score (nSPS) is 47.6. The summed E-state index contributed by atoms with van der Waals surface area (Å²) in [6, 6.07) is 0. The highest BCUT2D eigenvalue weighted by Crippen LogP contribution is 2.67. The molecule has 0 radical (unpaired) electrons. The highest BCUT2D eigenvalue weighted by Gasteiger charge is 2.69.